The van der Waals surface area contributed by atoms with Crippen molar-refractivity contribution in [1.82, 2.24) is 4.57 Å². The van der Waals surface area contributed by atoms with E-state index in [0.29, 0.717) is 21.4 Å². The lowest BCUT2D eigenvalue weighted by atomic mass is 10.2. The van der Waals surface area contributed by atoms with Gasteiger partial charge in [-0.05, 0) is 25.1 Å². The maximum atomic E-state index is 11.6. The molecule has 0 fully saturated rings. The third-order valence-electron chi connectivity index (χ3n) is 2.64. The number of rotatable bonds is 2. The number of aromatic carboxylic acids is 1. The number of carbonyl (C=O) groups is 1. The molecule has 0 aliphatic rings. The number of hydrogen-bond donors (Lipinski definition) is 1. The number of pyridine rings is 1. The Labute approximate surface area is 118 Å². The van der Waals surface area contributed by atoms with Crippen LogP contribution in [0.2, 0.25) is 10.0 Å². The molecule has 2 rings (SSSR count). The van der Waals surface area contributed by atoms with Crippen LogP contribution < -0.4 is 5.43 Å². The van der Waals surface area contributed by atoms with Gasteiger partial charge in [-0.1, -0.05) is 23.2 Å². The number of aromatic nitrogens is 1. The van der Waals surface area contributed by atoms with Crippen molar-refractivity contribution in [2.45, 2.75) is 6.92 Å². The number of nitrogens with zero attached hydrogens (tertiary/aromatic N) is 1. The lowest BCUT2D eigenvalue weighted by molar-refractivity contribution is 0.0695. The predicted octanol–water partition coefficient (Wildman–Crippen LogP) is 3.15. The molecule has 1 aromatic heterocycles. The minimum Gasteiger partial charge on any atom is -0.477 e. The van der Waals surface area contributed by atoms with Gasteiger partial charge in [0.15, 0.2) is 5.43 Å². The molecule has 4 nitrogen and oxygen atoms in total. The summed E-state index contributed by atoms with van der Waals surface area (Å²) in [6, 6.07) is 6.11. The average Bonchev–Trinajstić information content (AvgIpc) is 2.30. The van der Waals surface area contributed by atoms with E-state index < -0.39 is 11.4 Å². The van der Waals surface area contributed by atoms with Gasteiger partial charge in [0.2, 0.25) is 0 Å². The van der Waals surface area contributed by atoms with Gasteiger partial charge >= 0.3 is 5.97 Å². The molecule has 0 radical (unpaired) electrons. The van der Waals surface area contributed by atoms with Gasteiger partial charge in [0.25, 0.3) is 0 Å². The van der Waals surface area contributed by atoms with Crippen LogP contribution in [-0.2, 0) is 0 Å². The molecule has 0 aliphatic carbocycles. The molecule has 0 spiro atoms. The van der Waals surface area contributed by atoms with Gasteiger partial charge in [0.05, 0.1) is 10.7 Å². The Morgan fingerprint density at radius 1 is 1.26 bits per heavy atom. The van der Waals surface area contributed by atoms with E-state index in [-0.39, 0.29) is 5.56 Å². The number of aryl methyl sites for hydroxylation is 1. The number of carboxylic acids is 1. The Bertz CT molecular complexity index is 722. The summed E-state index contributed by atoms with van der Waals surface area (Å²) in [6.07, 6.45) is 1.26. The molecule has 0 amide bonds. The zero-order chi connectivity index (χ0) is 14.2. The standard InChI is InChI=1S/C13H9Cl2NO3/c1-7-4-12(17)9(13(18)19)6-16(7)11-3-2-8(14)5-10(11)15/h2-6H,1H3,(H,18,19). The molecule has 0 atom stereocenters. The minimum atomic E-state index is -1.27. The second kappa shape index (κ2) is 5.07. The van der Waals surface area contributed by atoms with Gasteiger partial charge in [-0.15, -0.1) is 0 Å². The van der Waals surface area contributed by atoms with Crippen LogP contribution in [0.4, 0.5) is 0 Å². The molecule has 6 heteroatoms. The summed E-state index contributed by atoms with van der Waals surface area (Å²) in [7, 11) is 0. The van der Waals surface area contributed by atoms with Crippen molar-refractivity contribution in [2.24, 2.45) is 0 Å². The monoisotopic (exact) mass is 297 g/mol. The second-order valence-electron chi connectivity index (χ2n) is 3.96. The molecule has 1 aromatic carbocycles. The third-order valence-corrected chi connectivity index (χ3v) is 3.18. The van der Waals surface area contributed by atoms with Crippen molar-refractivity contribution < 1.29 is 9.90 Å². The summed E-state index contributed by atoms with van der Waals surface area (Å²) in [5, 5.41) is 9.82. The normalized spacial score (nSPS) is 10.5. The highest BCUT2D eigenvalue weighted by Crippen LogP contribution is 2.25. The van der Waals surface area contributed by atoms with Crippen LogP contribution in [0.1, 0.15) is 16.1 Å². The Balaban J connectivity index is 2.71. The maximum Gasteiger partial charge on any atom is 0.341 e. The van der Waals surface area contributed by atoms with Gasteiger partial charge in [0, 0.05) is 23.0 Å². The smallest absolute Gasteiger partial charge is 0.341 e. The molecule has 0 unspecified atom stereocenters. The number of carboxylic acid groups (broad SMARTS) is 1. The Hall–Kier alpha value is -1.78. The van der Waals surface area contributed by atoms with Crippen molar-refractivity contribution in [3.05, 3.63) is 62.0 Å². The Morgan fingerprint density at radius 3 is 2.53 bits per heavy atom. The predicted molar refractivity (Wildman–Crippen MR) is 73.8 cm³/mol. The summed E-state index contributed by atoms with van der Waals surface area (Å²) in [5.41, 5.74) is 0.299. The first-order valence-electron chi connectivity index (χ1n) is 5.32. The zero-order valence-electron chi connectivity index (χ0n) is 9.85. The number of benzene rings is 1. The maximum absolute atomic E-state index is 11.6. The van der Waals surface area contributed by atoms with E-state index >= 15 is 0 Å². The summed E-state index contributed by atoms with van der Waals surface area (Å²) < 4.78 is 1.55. The molecule has 0 aliphatic heterocycles. The Morgan fingerprint density at radius 2 is 1.95 bits per heavy atom. The van der Waals surface area contributed by atoms with Crippen molar-refractivity contribution >= 4 is 29.2 Å². The molecular formula is C13H9Cl2NO3. The third kappa shape index (κ3) is 2.64. The van der Waals surface area contributed by atoms with Gasteiger partial charge < -0.3 is 9.67 Å². The van der Waals surface area contributed by atoms with E-state index in [4.69, 9.17) is 28.3 Å². The fourth-order valence-corrected chi connectivity index (χ4v) is 2.23. The SMILES string of the molecule is Cc1cc(=O)c(C(=O)O)cn1-c1ccc(Cl)cc1Cl. The highest BCUT2D eigenvalue weighted by Gasteiger charge is 2.13. The fourth-order valence-electron chi connectivity index (χ4n) is 1.73. The minimum absolute atomic E-state index is 0.309. The molecule has 19 heavy (non-hydrogen) atoms. The molecule has 0 saturated heterocycles. The van der Waals surface area contributed by atoms with E-state index in [1.54, 1.807) is 29.7 Å². The summed E-state index contributed by atoms with van der Waals surface area (Å²) in [5.74, 6) is -1.27. The summed E-state index contributed by atoms with van der Waals surface area (Å²) in [4.78, 5) is 22.5. The van der Waals surface area contributed by atoms with Gasteiger partial charge in [-0.2, -0.15) is 0 Å². The van der Waals surface area contributed by atoms with Gasteiger partial charge in [0.1, 0.15) is 5.56 Å². The number of hydrogen-bond acceptors (Lipinski definition) is 2. The van der Waals surface area contributed by atoms with Crippen LogP contribution in [0.15, 0.2) is 35.3 Å². The lowest BCUT2D eigenvalue weighted by Crippen LogP contribution is -2.18. The Kier molecular flexibility index (Phi) is 3.64. The molecule has 2 aromatic rings. The summed E-state index contributed by atoms with van der Waals surface area (Å²) in [6.45, 7) is 1.69. The molecule has 0 saturated carbocycles. The molecule has 1 heterocycles. The zero-order valence-corrected chi connectivity index (χ0v) is 11.4. The van der Waals surface area contributed by atoms with E-state index in [1.165, 1.54) is 12.3 Å². The largest absolute Gasteiger partial charge is 0.477 e. The van der Waals surface area contributed by atoms with Crippen LogP contribution in [0.25, 0.3) is 5.69 Å². The van der Waals surface area contributed by atoms with E-state index in [0.717, 1.165) is 0 Å². The fraction of sp³-hybridized carbons (Fsp3) is 0.0769. The van der Waals surface area contributed by atoms with E-state index in [2.05, 4.69) is 0 Å². The van der Waals surface area contributed by atoms with Crippen molar-refractivity contribution in [3.63, 3.8) is 0 Å². The first kappa shape index (κ1) is 13.6. The van der Waals surface area contributed by atoms with Crippen LogP contribution in [-0.4, -0.2) is 15.6 Å². The quantitative estimate of drug-likeness (QED) is 0.926. The number of halogens is 2. The summed E-state index contributed by atoms with van der Waals surface area (Å²) >= 11 is 11.9. The van der Waals surface area contributed by atoms with Crippen molar-refractivity contribution in [2.75, 3.05) is 0 Å². The van der Waals surface area contributed by atoms with Crippen LogP contribution >= 0.6 is 23.2 Å². The van der Waals surface area contributed by atoms with Crippen LogP contribution in [0, 0.1) is 6.92 Å². The highest BCUT2D eigenvalue weighted by molar-refractivity contribution is 6.35. The average molecular weight is 298 g/mol. The topological polar surface area (TPSA) is 59.3 Å². The molecule has 98 valence electrons. The first-order valence-corrected chi connectivity index (χ1v) is 6.08. The van der Waals surface area contributed by atoms with Crippen LogP contribution in [0.5, 0.6) is 0 Å². The first-order chi connectivity index (χ1) is 8.90. The molecule has 1 N–H and O–H groups in total. The lowest BCUT2D eigenvalue weighted by Gasteiger charge is -2.13. The van der Waals surface area contributed by atoms with Crippen LogP contribution in [0.3, 0.4) is 0 Å². The van der Waals surface area contributed by atoms with Gasteiger partial charge in [-0.3, -0.25) is 4.79 Å². The van der Waals surface area contributed by atoms with Crippen molar-refractivity contribution in [1.29, 1.82) is 0 Å². The molecule has 0 bridgehead atoms. The van der Waals surface area contributed by atoms with E-state index in [9.17, 15) is 9.59 Å². The van der Waals surface area contributed by atoms with Crippen molar-refractivity contribution in [3.8, 4) is 5.69 Å². The molecular weight excluding hydrogens is 289 g/mol. The van der Waals surface area contributed by atoms with E-state index in [1.807, 2.05) is 0 Å². The van der Waals surface area contributed by atoms with Gasteiger partial charge in [-0.25, -0.2) is 4.79 Å². The highest BCUT2D eigenvalue weighted by atomic mass is 35.5. The second-order valence-corrected chi connectivity index (χ2v) is 4.81.